The number of hydrogen-bond acceptors (Lipinski definition) is 4. The molecule has 0 bridgehead atoms. The number of fused-ring (bicyclic) bond motifs is 2. The molecule has 144 valence electrons. The average Bonchev–Trinajstić information content (AvgIpc) is 2.98. The van der Waals surface area contributed by atoms with Gasteiger partial charge in [0, 0.05) is 13.2 Å². The highest BCUT2D eigenvalue weighted by molar-refractivity contribution is 5.43. The zero-order valence-electron chi connectivity index (χ0n) is 15.9. The SMILES string of the molecule is COc1cccc2c1CC1C[C@@H](O)C(CCCOC3CCCCO3)[C@H]1C2. The van der Waals surface area contributed by atoms with Crippen molar-refractivity contribution in [2.24, 2.45) is 17.8 Å². The molecule has 4 nitrogen and oxygen atoms in total. The van der Waals surface area contributed by atoms with E-state index in [0.29, 0.717) is 17.8 Å². The van der Waals surface area contributed by atoms with Crippen molar-refractivity contribution in [2.45, 2.75) is 63.8 Å². The molecule has 0 amide bonds. The third-order valence-electron chi connectivity index (χ3n) is 6.69. The molecule has 26 heavy (non-hydrogen) atoms. The number of benzene rings is 1. The fourth-order valence-corrected chi connectivity index (χ4v) is 5.37. The van der Waals surface area contributed by atoms with E-state index < -0.39 is 0 Å². The Morgan fingerprint density at radius 3 is 2.96 bits per heavy atom. The zero-order chi connectivity index (χ0) is 17.9. The molecule has 1 N–H and O–H groups in total. The van der Waals surface area contributed by atoms with E-state index >= 15 is 0 Å². The molecule has 4 heteroatoms. The van der Waals surface area contributed by atoms with E-state index in [9.17, 15) is 5.11 Å². The van der Waals surface area contributed by atoms with Crippen molar-refractivity contribution in [3.63, 3.8) is 0 Å². The van der Waals surface area contributed by atoms with Gasteiger partial charge >= 0.3 is 0 Å². The lowest BCUT2D eigenvalue weighted by Gasteiger charge is -2.32. The van der Waals surface area contributed by atoms with Crippen LogP contribution in [0.4, 0.5) is 0 Å². The monoisotopic (exact) mass is 360 g/mol. The van der Waals surface area contributed by atoms with Crippen LogP contribution in [0.3, 0.4) is 0 Å². The summed E-state index contributed by atoms with van der Waals surface area (Å²) in [7, 11) is 1.75. The highest BCUT2D eigenvalue weighted by Gasteiger charge is 2.44. The first-order valence-electron chi connectivity index (χ1n) is 10.3. The van der Waals surface area contributed by atoms with Gasteiger partial charge in [0.05, 0.1) is 13.2 Å². The molecule has 1 aliphatic heterocycles. The minimum atomic E-state index is -0.170. The Morgan fingerprint density at radius 1 is 1.23 bits per heavy atom. The average molecular weight is 360 g/mol. The molecular formula is C22H32O4. The molecule has 2 fully saturated rings. The molecular weight excluding hydrogens is 328 g/mol. The summed E-state index contributed by atoms with van der Waals surface area (Å²) < 4.78 is 17.1. The lowest BCUT2D eigenvalue weighted by Crippen LogP contribution is -2.28. The molecule has 2 aliphatic carbocycles. The smallest absolute Gasteiger partial charge is 0.157 e. The Morgan fingerprint density at radius 2 is 2.15 bits per heavy atom. The molecule has 1 aromatic carbocycles. The Hall–Kier alpha value is -1.10. The molecule has 0 radical (unpaired) electrons. The number of aliphatic hydroxyl groups is 1. The largest absolute Gasteiger partial charge is 0.496 e. The molecule has 5 atom stereocenters. The highest BCUT2D eigenvalue weighted by Crippen LogP contribution is 2.48. The molecule has 3 unspecified atom stereocenters. The maximum absolute atomic E-state index is 10.7. The number of ether oxygens (including phenoxy) is 3. The van der Waals surface area contributed by atoms with E-state index in [1.54, 1.807) is 7.11 Å². The van der Waals surface area contributed by atoms with Gasteiger partial charge < -0.3 is 19.3 Å². The second-order valence-corrected chi connectivity index (χ2v) is 8.21. The van der Waals surface area contributed by atoms with Crippen molar-refractivity contribution in [1.82, 2.24) is 0 Å². The van der Waals surface area contributed by atoms with E-state index in [4.69, 9.17) is 14.2 Å². The standard InChI is InChI=1S/C22H32O4/c1-24-21-8-4-6-15-12-18-16(13-19(15)21)14-20(23)17(18)7-5-11-26-22-9-2-3-10-25-22/h4,6,8,16-18,20,22-23H,2-3,5,7,9-14H2,1H3/t16?,17?,18-,20+,22?/m0/s1. The molecule has 0 spiro atoms. The topological polar surface area (TPSA) is 47.9 Å². The lowest BCUT2D eigenvalue weighted by atomic mass is 9.73. The van der Waals surface area contributed by atoms with Crippen molar-refractivity contribution < 1.29 is 19.3 Å². The van der Waals surface area contributed by atoms with Crippen molar-refractivity contribution in [1.29, 1.82) is 0 Å². The van der Waals surface area contributed by atoms with Gasteiger partial charge in [-0.15, -0.1) is 0 Å². The first kappa shape index (κ1) is 18.3. The molecule has 1 saturated heterocycles. The van der Waals surface area contributed by atoms with Crippen molar-refractivity contribution in [2.75, 3.05) is 20.3 Å². The Labute approximate surface area is 156 Å². The second kappa shape index (κ2) is 8.28. The highest BCUT2D eigenvalue weighted by atomic mass is 16.7. The Balaban J connectivity index is 1.33. The summed E-state index contributed by atoms with van der Waals surface area (Å²) in [6.45, 7) is 1.58. The minimum Gasteiger partial charge on any atom is -0.496 e. The molecule has 1 aromatic rings. The van der Waals surface area contributed by atoms with Gasteiger partial charge in [-0.05, 0) is 86.3 Å². The van der Waals surface area contributed by atoms with Gasteiger partial charge in [0.2, 0.25) is 0 Å². The van der Waals surface area contributed by atoms with Gasteiger partial charge in [-0.1, -0.05) is 12.1 Å². The predicted molar refractivity (Wildman–Crippen MR) is 100 cm³/mol. The maximum atomic E-state index is 10.7. The second-order valence-electron chi connectivity index (χ2n) is 8.21. The lowest BCUT2D eigenvalue weighted by molar-refractivity contribution is -0.163. The van der Waals surface area contributed by atoms with Crippen LogP contribution in [-0.2, 0) is 22.3 Å². The first-order chi connectivity index (χ1) is 12.8. The van der Waals surface area contributed by atoms with Crippen LogP contribution in [0.2, 0.25) is 0 Å². The van der Waals surface area contributed by atoms with Crippen molar-refractivity contribution >= 4 is 0 Å². The number of rotatable bonds is 6. The third-order valence-corrected chi connectivity index (χ3v) is 6.69. The van der Waals surface area contributed by atoms with Crippen LogP contribution >= 0.6 is 0 Å². The summed E-state index contributed by atoms with van der Waals surface area (Å²) in [6.07, 6.45) is 8.33. The van der Waals surface area contributed by atoms with Gasteiger partial charge in [0.25, 0.3) is 0 Å². The van der Waals surface area contributed by atoms with E-state index in [1.165, 1.54) is 17.5 Å². The van der Waals surface area contributed by atoms with Gasteiger partial charge in [0.1, 0.15) is 5.75 Å². The predicted octanol–water partition coefficient (Wildman–Crippen LogP) is 3.73. The molecule has 1 heterocycles. The summed E-state index contributed by atoms with van der Waals surface area (Å²) in [5.74, 6) is 2.59. The quantitative estimate of drug-likeness (QED) is 0.785. The van der Waals surface area contributed by atoms with E-state index in [0.717, 1.165) is 63.9 Å². The third kappa shape index (κ3) is 3.78. The van der Waals surface area contributed by atoms with Crippen LogP contribution < -0.4 is 4.74 Å². The van der Waals surface area contributed by atoms with Gasteiger partial charge in [-0.25, -0.2) is 0 Å². The van der Waals surface area contributed by atoms with Crippen molar-refractivity contribution in [3.8, 4) is 5.75 Å². The van der Waals surface area contributed by atoms with Gasteiger partial charge in [-0.3, -0.25) is 0 Å². The van der Waals surface area contributed by atoms with E-state index in [-0.39, 0.29) is 12.4 Å². The molecule has 4 rings (SSSR count). The van der Waals surface area contributed by atoms with E-state index in [1.807, 2.05) is 0 Å². The summed E-state index contributed by atoms with van der Waals surface area (Å²) >= 11 is 0. The Bertz CT molecular complexity index is 596. The summed E-state index contributed by atoms with van der Waals surface area (Å²) in [5, 5.41) is 10.7. The Kier molecular flexibility index (Phi) is 5.82. The number of hydrogen-bond donors (Lipinski definition) is 1. The van der Waals surface area contributed by atoms with Gasteiger partial charge in [0.15, 0.2) is 6.29 Å². The van der Waals surface area contributed by atoms with Crippen LogP contribution in [0.1, 0.15) is 49.7 Å². The fourth-order valence-electron chi connectivity index (χ4n) is 5.37. The molecule has 0 aromatic heterocycles. The maximum Gasteiger partial charge on any atom is 0.157 e. The summed E-state index contributed by atoms with van der Waals surface area (Å²) in [6, 6.07) is 6.39. The van der Waals surface area contributed by atoms with Crippen molar-refractivity contribution in [3.05, 3.63) is 29.3 Å². The first-order valence-corrected chi connectivity index (χ1v) is 10.3. The number of methoxy groups -OCH3 is 1. The van der Waals surface area contributed by atoms with Crippen LogP contribution in [0.15, 0.2) is 18.2 Å². The van der Waals surface area contributed by atoms with Crippen LogP contribution in [0.5, 0.6) is 5.75 Å². The van der Waals surface area contributed by atoms with Crippen LogP contribution in [0, 0.1) is 17.8 Å². The molecule has 3 aliphatic rings. The number of aliphatic hydroxyl groups excluding tert-OH is 1. The summed E-state index contributed by atoms with van der Waals surface area (Å²) in [4.78, 5) is 0. The normalized spacial score (nSPS) is 33.5. The fraction of sp³-hybridized carbons (Fsp3) is 0.727. The summed E-state index contributed by atoms with van der Waals surface area (Å²) in [5.41, 5.74) is 2.78. The van der Waals surface area contributed by atoms with Gasteiger partial charge in [-0.2, -0.15) is 0 Å². The van der Waals surface area contributed by atoms with E-state index in [2.05, 4.69) is 18.2 Å². The minimum absolute atomic E-state index is 0.000905. The molecule has 1 saturated carbocycles. The zero-order valence-corrected chi connectivity index (χ0v) is 15.9. The van der Waals surface area contributed by atoms with Crippen LogP contribution in [0.25, 0.3) is 0 Å². The van der Waals surface area contributed by atoms with Crippen LogP contribution in [-0.4, -0.2) is 37.8 Å².